The molecule has 0 aliphatic carbocycles. The fraction of sp³-hybridized carbons (Fsp3) is 0.647. The lowest BCUT2D eigenvalue weighted by atomic mass is 10.1. The average Bonchev–Trinajstić information content (AvgIpc) is 2.52. The minimum atomic E-state index is -1.79. The molecule has 0 saturated heterocycles. The molecule has 1 rings (SSSR count). The largest absolute Gasteiger partial charge is 0.493 e. The predicted octanol–water partition coefficient (Wildman–Crippen LogP) is 3.89. The van der Waals surface area contributed by atoms with Crippen molar-refractivity contribution in [2.75, 3.05) is 20.3 Å². The van der Waals surface area contributed by atoms with Crippen LogP contribution < -0.4 is 9.47 Å². The highest BCUT2D eigenvalue weighted by Gasteiger charge is 2.36. The number of aliphatic hydroxyl groups is 1. The molecule has 0 bridgehead atoms. The third kappa shape index (κ3) is 5.69. The first-order valence-corrected chi connectivity index (χ1v) is 11.2. The van der Waals surface area contributed by atoms with Crippen LogP contribution in [0.15, 0.2) is 12.1 Å². The summed E-state index contributed by atoms with van der Waals surface area (Å²) >= 11 is 0. The Hall–Kier alpha value is -1.64. The highest BCUT2D eigenvalue weighted by molar-refractivity contribution is 6.74. The first kappa shape index (κ1) is 21.4. The number of hydrogen-bond acceptors (Lipinski definition) is 6. The van der Waals surface area contributed by atoms with Gasteiger partial charge in [0.25, 0.3) is 5.69 Å². The molecule has 1 N–H and O–H groups in total. The van der Waals surface area contributed by atoms with Gasteiger partial charge in [-0.1, -0.05) is 20.8 Å². The number of nitro benzene ring substituents is 1. The second kappa shape index (κ2) is 8.64. The fourth-order valence-corrected chi connectivity index (χ4v) is 3.03. The molecule has 0 aliphatic rings. The van der Waals surface area contributed by atoms with E-state index in [1.165, 1.54) is 19.2 Å². The summed E-state index contributed by atoms with van der Waals surface area (Å²) in [4.78, 5) is 10.6. The zero-order valence-electron chi connectivity index (χ0n) is 15.9. The van der Waals surface area contributed by atoms with Crippen molar-refractivity contribution >= 4 is 14.0 Å². The molecule has 1 aromatic carbocycles. The Morgan fingerprint density at radius 2 is 1.84 bits per heavy atom. The molecule has 25 heavy (non-hydrogen) atoms. The van der Waals surface area contributed by atoms with Crippen molar-refractivity contribution in [3.05, 3.63) is 27.8 Å². The van der Waals surface area contributed by atoms with Crippen LogP contribution in [0, 0.1) is 10.1 Å². The Morgan fingerprint density at radius 1 is 1.20 bits per heavy atom. The van der Waals surface area contributed by atoms with Crippen molar-refractivity contribution in [3.8, 4) is 11.5 Å². The highest BCUT2D eigenvalue weighted by Crippen LogP contribution is 2.37. The molecule has 0 atom stereocenters. The molecule has 0 amide bonds. The van der Waals surface area contributed by atoms with Crippen LogP contribution in [-0.2, 0) is 11.0 Å². The van der Waals surface area contributed by atoms with Gasteiger partial charge in [0.15, 0.2) is 19.8 Å². The lowest BCUT2D eigenvalue weighted by molar-refractivity contribution is -0.385. The molecule has 8 heteroatoms. The number of ether oxygens (including phenoxy) is 2. The second-order valence-electron chi connectivity index (χ2n) is 7.36. The number of rotatable bonds is 9. The second-order valence-corrected chi connectivity index (χ2v) is 12.2. The first-order valence-electron chi connectivity index (χ1n) is 8.26. The van der Waals surface area contributed by atoms with E-state index in [0.717, 1.165) is 0 Å². The van der Waals surface area contributed by atoms with Crippen LogP contribution in [0.4, 0.5) is 5.69 Å². The Kier molecular flexibility index (Phi) is 7.39. The summed E-state index contributed by atoms with van der Waals surface area (Å²) in [6.45, 7) is 11.4. The van der Waals surface area contributed by atoms with Gasteiger partial charge in [0.1, 0.15) is 0 Å². The summed E-state index contributed by atoms with van der Waals surface area (Å²) in [5, 5.41) is 20.5. The van der Waals surface area contributed by atoms with E-state index < -0.39 is 19.8 Å². The van der Waals surface area contributed by atoms with Gasteiger partial charge >= 0.3 is 0 Å². The van der Waals surface area contributed by atoms with Crippen LogP contribution >= 0.6 is 0 Å². The summed E-state index contributed by atoms with van der Waals surface area (Å²) in [6, 6.07) is 2.72. The summed E-state index contributed by atoms with van der Waals surface area (Å²) in [5.74, 6) is 0.652. The van der Waals surface area contributed by atoms with E-state index in [1.54, 1.807) is 0 Å². The number of methoxy groups -OCH3 is 1. The number of nitro groups is 1. The van der Waals surface area contributed by atoms with Crippen molar-refractivity contribution in [1.82, 2.24) is 0 Å². The maximum absolute atomic E-state index is 11.1. The van der Waals surface area contributed by atoms with Gasteiger partial charge < -0.3 is 19.0 Å². The third-order valence-corrected chi connectivity index (χ3v) is 9.09. The maximum Gasteiger partial charge on any atom is 0.278 e. The number of hydrogen-bond donors (Lipinski definition) is 1. The van der Waals surface area contributed by atoms with Crippen molar-refractivity contribution in [1.29, 1.82) is 0 Å². The average molecular weight is 372 g/mol. The Labute approximate surface area is 150 Å². The number of benzene rings is 1. The Morgan fingerprint density at radius 3 is 2.32 bits per heavy atom. The molecule has 1 aromatic rings. The summed E-state index contributed by atoms with van der Waals surface area (Å²) < 4.78 is 16.9. The predicted molar refractivity (Wildman–Crippen MR) is 98.8 cm³/mol. The third-order valence-electron chi connectivity index (χ3n) is 4.55. The summed E-state index contributed by atoms with van der Waals surface area (Å²) in [6.07, 6.45) is 0.672. The molecule has 0 fully saturated rings. The molecule has 0 unspecified atom stereocenters. The Bertz CT molecular complexity index is 598. The van der Waals surface area contributed by atoms with Gasteiger partial charge in [-0.15, -0.1) is 0 Å². The molecule has 7 nitrogen and oxygen atoms in total. The van der Waals surface area contributed by atoms with Gasteiger partial charge in [0, 0.05) is 13.0 Å². The van der Waals surface area contributed by atoms with E-state index in [1.807, 2.05) is 0 Å². The molecule has 142 valence electrons. The van der Waals surface area contributed by atoms with E-state index in [4.69, 9.17) is 13.9 Å². The van der Waals surface area contributed by atoms with E-state index in [2.05, 4.69) is 33.9 Å². The molecule has 0 saturated carbocycles. The van der Waals surface area contributed by atoms with E-state index in [9.17, 15) is 15.2 Å². The standard InChI is InChI=1S/C17H29NO6Si/c1-17(2,3)25(5,6)24-9-7-8-23-16-11-14(18(20)21)13(12-19)10-15(16)22-4/h10-11,19H,7-9,12H2,1-6H3. The minimum absolute atomic E-state index is 0.151. The van der Waals surface area contributed by atoms with E-state index in [-0.39, 0.29) is 16.3 Å². The monoisotopic (exact) mass is 371 g/mol. The number of nitrogens with zero attached hydrogens (tertiary/aromatic N) is 1. The van der Waals surface area contributed by atoms with Crippen molar-refractivity contribution < 1.29 is 23.9 Å². The van der Waals surface area contributed by atoms with Crippen molar-refractivity contribution in [3.63, 3.8) is 0 Å². The zero-order valence-corrected chi connectivity index (χ0v) is 16.9. The molecule has 0 heterocycles. The van der Waals surface area contributed by atoms with Gasteiger partial charge in [0.2, 0.25) is 0 Å². The highest BCUT2D eigenvalue weighted by atomic mass is 28.4. The SMILES string of the molecule is COc1cc(CO)c([N+](=O)[O-])cc1OCCCO[Si](C)(C)C(C)(C)C. The van der Waals surface area contributed by atoms with Gasteiger partial charge in [-0.2, -0.15) is 0 Å². The fourth-order valence-electron chi connectivity index (χ4n) is 1.95. The normalized spacial score (nSPS) is 12.1. The molecule has 0 aliphatic heterocycles. The van der Waals surface area contributed by atoms with Crippen LogP contribution in [-0.4, -0.2) is 38.7 Å². The van der Waals surface area contributed by atoms with E-state index in [0.29, 0.717) is 31.1 Å². The van der Waals surface area contributed by atoms with Crippen LogP contribution in [0.1, 0.15) is 32.8 Å². The first-order chi connectivity index (χ1) is 11.5. The molecular formula is C17H29NO6Si. The van der Waals surface area contributed by atoms with Gasteiger partial charge in [-0.25, -0.2) is 0 Å². The molecule has 0 spiro atoms. The smallest absolute Gasteiger partial charge is 0.278 e. The van der Waals surface area contributed by atoms with Crippen molar-refractivity contribution in [2.45, 2.75) is 51.9 Å². The molecular weight excluding hydrogens is 342 g/mol. The lowest BCUT2D eigenvalue weighted by Crippen LogP contribution is -2.41. The summed E-state index contributed by atoms with van der Waals surface area (Å²) in [5.41, 5.74) is 0.00582. The summed E-state index contributed by atoms with van der Waals surface area (Å²) in [7, 11) is -0.331. The molecule has 0 radical (unpaired) electrons. The van der Waals surface area contributed by atoms with Gasteiger partial charge in [-0.05, 0) is 24.2 Å². The van der Waals surface area contributed by atoms with Gasteiger partial charge in [0.05, 0.1) is 36.9 Å². The van der Waals surface area contributed by atoms with Gasteiger partial charge in [-0.3, -0.25) is 10.1 Å². The maximum atomic E-state index is 11.1. The zero-order chi connectivity index (χ0) is 19.3. The van der Waals surface area contributed by atoms with Crippen LogP contribution in [0.2, 0.25) is 18.1 Å². The topological polar surface area (TPSA) is 91.1 Å². The molecule has 0 aromatic heterocycles. The van der Waals surface area contributed by atoms with Crippen LogP contribution in [0.25, 0.3) is 0 Å². The minimum Gasteiger partial charge on any atom is -0.493 e. The lowest BCUT2D eigenvalue weighted by Gasteiger charge is -2.36. The van der Waals surface area contributed by atoms with Crippen LogP contribution in [0.5, 0.6) is 11.5 Å². The van der Waals surface area contributed by atoms with Crippen LogP contribution in [0.3, 0.4) is 0 Å². The number of aliphatic hydroxyl groups excluding tert-OH is 1. The quantitative estimate of drug-likeness (QED) is 0.306. The Balaban J connectivity index is 2.68. The van der Waals surface area contributed by atoms with Crippen molar-refractivity contribution in [2.24, 2.45) is 0 Å². The van der Waals surface area contributed by atoms with E-state index >= 15 is 0 Å².